The van der Waals surface area contributed by atoms with Crippen LogP contribution < -0.4 is 0 Å². The number of benzene rings is 1. The van der Waals surface area contributed by atoms with E-state index in [0.717, 1.165) is 12.0 Å². The minimum Gasteiger partial charge on any atom is -0.339 e. The molecule has 118 valence electrons. The number of hydrogen-bond acceptors (Lipinski definition) is 2. The van der Waals surface area contributed by atoms with Crippen molar-refractivity contribution in [1.82, 2.24) is 9.80 Å². The van der Waals surface area contributed by atoms with E-state index in [0.29, 0.717) is 36.2 Å². The molecule has 0 radical (unpaired) electrons. The highest BCUT2D eigenvalue weighted by molar-refractivity contribution is 6.35. The SMILES string of the molecule is CC(=O)N1CCN(C(=O)[C@@H]2C[C@H]2c2ccc(Cl)cc2Cl)CC1. The van der Waals surface area contributed by atoms with Crippen LogP contribution in [0.2, 0.25) is 10.0 Å². The van der Waals surface area contributed by atoms with Crippen molar-refractivity contribution in [1.29, 1.82) is 0 Å². The van der Waals surface area contributed by atoms with E-state index < -0.39 is 0 Å². The van der Waals surface area contributed by atoms with E-state index in [2.05, 4.69) is 0 Å². The molecule has 1 aromatic rings. The zero-order valence-corrected chi connectivity index (χ0v) is 13.9. The van der Waals surface area contributed by atoms with E-state index in [1.165, 1.54) is 0 Å². The lowest BCUT2D eigenvalue weighted by molar-refractivity contribution is -0.139. The zero-order valence-electron chi connectivity index (χ0n) is 12.4. The van der Waals surface area contributed by atoms with Gasteiger partial charge in [0.25, 0.3) is 0 Å². The van der Waals surface area contributed by atoms with Crippen molar-refractivity contribution in [2.45, 2.75) is 19.3 Å². The molecule has 0 N–H and O–H groups in total. The van der Waals surface area contributed by atoms with Gasteiger partial charge in [0.2, 0.25) is 11.8 Å². The van der Waals surface area contributed by atoms with Gasteiger partial charge < -0.3 is 9.80 Å². The predicted octanol–water partition coefficient (Wildman–Crippen LogP) is 2.79. The molecule has 1 aliphatic carbocycles. The van der Waals surface area contributed by atoms with Crippen LogP contribution in [0.15, 0.2) is 18.2 Å². The first-order valence-electron chi connectivity index (χ1n) is 7.46. The van der Waals surface area contributed by atoms with Gasteiger partial charge in [0.1, 0.15) is 0 Å². The van der Waals surface area contributed by atoms with Gasteiger partial charge in [0.05, 0.1) is 0 Å². The topological polar surface area (TPSA) is 40.6 Å². The summed E-state index contributed by atoms with van der Waals surface area (Å²) < 4.78 is 0. The van der Waals surface area contributed by atoms with Crippen LogP contribution in [0, 0.1) is 5.92 Å². The largest absolute Gasteiger partial charge is 0.339 e. The summed E-state index contributed by atoms with van der Waals surface area (Å²) >= 11 is 12.1. The molecule has 0 bridgehead atoms. The Balaban J connectivity index is 1.60. The normalized spacial score (nSPS) is 24.3. The molecule has 1 saturated heterocycles. The van der Waals surface area contributed by atoms with E-state index in [9.17, 15) is 9.59 Å². The fraction of sp³-hybridized carbons (Fsp3) is 0.500. The molecular weight excluding hydrogens is 323 g/mol. The van der Waals surface area contributed by atoms with Gasteiger partial charge in [-0.3, -0.25) is 9.59 Å². The Morgan fingerprint density at radius 3 is 2.32 bits per heavy atom. The summed E-state index contributed by atoms with van der Waals surface area (Å²) in [5.41, 5.74) is 1.01. The quantitative estimate of drug-likeness (QED) is 0.830. The Morgan fingerprint density at radius 2 is 1.73 bits per heavy atom. The smallest absolute Gasteiger partial charge is 0.226 e. The molecule has 0 unspecified atom stereocenters. The third-order valence-electron chi connectivity index (χ3n) is 4.51. The summed E-state index contributed by atoms with van der Waals surface area (Å²) in [5.74, 6) is 0.467. The standard InChI is InChI=1S/C16H18Cl2N2O2/c1-10(21)19-4-6-20(7-5-19)16(22)14-9-13(14)12-3-2-11(17)8-15(12)18/h2-3,8,13-14H,4-7,9H2,1H3/t13-,14+/m0/s1. The molecule has 0 aromatic heterocycles. The first kappa shape index (κ1) is 15.6. The molecule has 22 heavy (non-hydrogen) atoms. The second-order valence-corrected chi connectivity index (χ2v) is 6.79. The maximum Gasteiger partial charge on any atom is 0.226 e. The van der Waals surface area contributed by atoms with Crippen LogP contribution in [0.5, 0.6) is 0 Å². The summed E-state index contributed by atoms with van der Waals surface area (Å²) in [4.78, 5) is 27.5. The van der Waals surface area contributed by atoms with E-state index in [-0.39, 0.29) is 23.7 Å². The van der Waals surface area contributed by atoms with Crippen molar-refractivity contribution in [2.24, 2.45) is 5.92 Å². The summed E-state index contributed by atoms with van der Waals surface area (Å²) in [6.45, 7) is 4.06. The van der Waals surface area contributed by atoms with Crippen LogP contribution in [0.4, 0.5) is 0 Å². The van der Waals surface area contributed by atoms with Gasteiger partial charge in [-0.15, -0.1) is 0 Å². The number of carbonyl (C=O) groups is 2. The number of hydrogen-bond donors (Lipinski definition) is 0. The summed E-state index contributed by atoms with van der Waals surface area (Å²) in [6.07, 6.45) is 0.840. The molecule has 1 saturated carbocycles. The fourth-order valence-corrected chi connectivity index (χ4v) is 3.64. The number of carbonyl (C=O) groups excluding carboxylic acids is 2. The van der Waals surface area contributed by atoms with Crippen molar-refractivity contribution >= 4 is 35.0 Å². The second kappa shape index (κ2) is 6.09. The second-order valence-electron chi connectivity index (χ2n) is 5.95. The molecule has 6 heteroatoms. The summed E-state index contributed by atoms with van der Waals surface area (Å²) in [7, 11) is 0. The van der Waals surface area contributed by atoms with Crippen LogP contribution in [0.3, 0.4) is 0 Å². The minimum absolute atomic E-state index is 0.0163. The fourth-order valence-electron chi connectivity index (χ4n) is 3.09. The van der Waals surface area contributed by atoms with Crippen molar-refractivity contribution in [3.63, 3.8) is 0 Å². The monoisotopic (exact) mass is 340 g/mol. The van der Waals surface area contributed by atoms with Crippen molar-refractivity contribution in [2.75, 3.05) is 26.2 Å². The highest BCUT2D eigenvalue weighted by Gasteiger charge is 2.46. The van der Waals surface area contributed by atoms with Crippen LogP contribution >= 0.6 is 23.2 Å². The first-order valence-corrected chi connectivity index (χ1v) is 8.22. The van der Waals surface area contributed by atoms with E-state index in [1.807, 2.05) is 17.0 Å². The van der Waals surface area contributed by atoms with Crippen molar-refractivity contribution in [3.05, 3.63) is 33.8 Å². The lowest BCUT2D eigenvalue weighted by atomic mass is 10.1. The minimum atomic E-state index is 0.0163. The Kier molecular flexibility index (Phi) is 4.33. The van der Waals surface area contributed by atoms with Gasteiger partial charge in [-0.2, -0.15) is 0 Å². The summed E-state index contributed by atoms with van der Waals surface area (Å²) in [6, 6.07) is 5.45. The van der Waals surface area contributed by atoms with E-state index in [1.54, 1.807) is 17.9 Å². The highest BCUT2D eigenvalue weighted by Crippen LogP contribution is 2.50. The molecule has 2 amide bonds. The van der Waals surface area contributed by atoms with Gasteiger partial charge in [0.15, 0.2) is 0 Å². The Hall–Kier alpha value is -1.26. The molecule has 4 nitrogen and oxygen atoms in total. The van der Waals surface area contributed by atoms with Crippen LogP contribution in [0.1, 0.15) is 24.8 Å². The molecule has 2 fully saturated rings. The van der Waals surface area contributed by atoms with Gasteiger partial charge >= 0.3 is 0 Å². The van der Waals surface area contributed by atoms with Gasteiger partial charge in [0, 0.05) is 49.1 Å². The maximum absolute atomic E-state index is 12.6. The van der Waals surface area contributed by atoms with Crippen LogP contribution in [-0.4, -0.2) is 47.8 Å². The van der Waals surface area contributed by atoms with Gasteiger partial charge in [-0.05, 0) is 30.0 Å². The number of nitrogens with zero attached hydrogens (tertiary/aromatic N) is 2. The lowest BCUT2D eigenvalue weighted by Crippen LogP contribution is -2.50. The highest BCUT2D eigenvalue weighted by atomic mass is 35.5. The number of rotatable bonds is 2. The van der Waals surface area contributed by atoms with E-state index in [4.69, 9.17) is 23.2 Å². The Morgan fingerprint density at radius 1 is 1.09 bits per heavy atom. The molecular formula is C16H18Cl2N2O2. The molecule has 1 heterocycles. The molecule has 1 aromatic carbocycles. The Bertz CT molecular complexity index is 612. The lowest BCUT2D eigenvalue weighted by Gasteiger charge is -2.34. The molecule has 3 rings (SSSR count). The predicted molar refractivity (Wildman–Crippen MR) is 86.1 cm³/mol. The number of piperazine rings is 1. The average Bonchev–Trinajstić information content (AvgIpc) is 3.27. The van der Waals surface area contributed by atoms with E-state index >= 15 is 0 Å². The maximum atomic E-state index is 12.6. The summed E-state index contributed by atoms with van der Waals surface area (Å²) in [5, 5.41) is 1.24. The van der Waals surface area contributed by atoms with Crippen molar-refractivity contribution in [3.8, 4) is 0 Å². The van der Waals surface area contributed by atoms with Crippen LogP contribution in [0.25, 0.3) is 0 Å². The van der Waals surface area contributed by atoms with Crippen molar-refractivity contribution < 1.29 is 9.59 Å². The van der Waals surface area contributed by atoms with Gasteiger partial charge in [-0.1, -0.05) is 29.3 Å². The van der Waals surface area contributed by atoms with Crippen LogP contribution in [-0.2, 0) is 9.59 Å². The number of halogens is 2. The number of amides is 2. The molecule has 2 aliphatic rings. The zero-order chi connectivity index (χ0) is 15.9. The molecule has 1 aliphatic heterocycles. The Labute approximate surface area is 140 Å². The molecule has 0 spiro atoms. The average molecular weight is 341 g/mol. The molecule has 2 atom stereocenters. The third-order valence-corrected chi connectivity index (χ3v) is 5.07. The first-order chi connectivity index (χ1) is 10.5. The van der Waals surface area contributed by atoms with Gasteiger partial charge in [-0.25, -0.2) is 0 Å². The third kappa shape index (κ3) is 3.08.